The summed E-state index contributed by atoms with van der Waals surface area (Å²) in [6.07, 6.45) is 5.27. The van der Waals surface area contributed by atoms with Crippen molar-refractivity contribution >= 4 is 11.8 Å². The highest BCUT2D eigenvalue weighted by molar-refractivity contribution is 7.99. The molecule has 0 amide bonds. The molecule has 2 rings (SSSR count). The van der Waals surface area contributed by atoms with Crippen LogP contribution in [0.15, 0.2) is 0 Å². The second-order valence-electron chi connectivity index (χ2n) is 6.04. The van der Waals surface area contributed by atoms with Gasteiger partial charge in [-0.15, -0.1) is 0 Å². The van der Waals surface area contributed by atoms with Crippen molar-refractivity contribution in [1.29, 1.82) is 0 Å². The minimum Gasteiger partial charge on any atom is -0.329 e. The van der Waals surface area contributed by atoms with Gasteiger partial charge in [-0.25, -0.2) is 0 Å². The predicted octanol–water partition coefficient (Wildman–Crippen LogP) is 1.99. The fraction of sp³-hybridized carbons (Fsp3) is 1.00. The van der Waals surface area contributed by atoms with Gasteiger partial charge < -0.3 is 11.1 Å². The molecule has 2 unspecified atom stereocenters. The number of nitrogens with one attached hydrogen (secondary N) is 1. The molecule has 0 aromatic carbocycles. The van der Waals surface area contributed by atoms with Crippen LogP contribution in [0.25, 0.3) is 0 Å². The third-order valence-electron chi connectivity index (χ3n) is 3.97. The van der Waals surface area contributed by atoms with Crippen LogP contribution in [0.2, 0.25) is 0 Å². The monoisotopic (exact) mass is 228 g/mol. The average molecular weight is 228 g/mol. The van der Waals surface area contributed by atoms with Gasteiger partial charge in [-0.2, -0.15) is 11.8 Å². The fourth-order valence-corrected chi connectivity index (χ4v) is 4.35. The molecular weight excluding hydrogens is 204 g/mol. The highest BCUT2D eigenvalue weighted by atomic mass is 32.2. The van der Waals surface area contributed by atoms with Crippen LogP contribution < -0.4 is 11.1 Å². The first-order valence-corrected chi connectivity index (χ1v) is 7.26. The van der Waals surface area contributed by atoms with Crippen LogP contribution in [0.5, 0.6) is 0 Å². The quantitative estimate of drug-likeness (QED) is 0.776. The third-order valence-corrected chi connectivity index (χ3v) is 5.22. The molecule has 2 nitrogen and oxygen atoms in total. The maximum Gasteiger partial charge on any atom is 0.0405 e. The molecule has 1 heterocycles. The lowest BCUT2D eigenvalue weighted by atomic mass is 9.91. The first-order chi connectivity index (χ1) is 7.05. The molecule has 2 aliphatic rings. The van der Waals surface area contributed by atoms with Crippen molar-refractivity contribution in [3.63, 3.8) is 0 Å². The van der Waals surface area contributed by atoms with Gasteiger partial charge in [-0.1, -0.05) is 13.8 Å². The molecular formula is C12H24N2S. The first kappa shape index (κ1) is 11.7. The average Bonchev–Trinajstić information content (AvgIpc) is 2.75. The van der Waals surface area contributed by atoms with E-state index < -0.39 is 0 Å². The topological polar surface area (TPSA) is 38.0 Å². The van der Waals surface area contributed by atoms with Crippen molar-refractivity contribution < 1.29 is 0 Å². The zero-order chi connectivity index (χ0) is 10.9. The molecule has 0 aromatic heterocycles. The van der Waals surface area contributed by atoms with Crippen LogP contribution in [-0.4, -0.2) is 29.6 Å². The van der Waals surface area contributed by atoms with Gasteiger partial charge in [0.25, 0.3) is 0 Å². The Bertz CT molecular complexity index is 222. The molecule has 1 saturated heterocycles. The summed E-state index contributed by atoms with van der Waals surface area (Å²) in [6, 6.07) is 0.710. The fourth-order valence-electron chi connectivity index (χ4n) is 2.93. The normalized spacial score (nSPS) is 39.8. The van der Waals surface area contributed by atoms with Gasteiger partial charge in [0.05, 0.1) is 0 Å². The van der Waals surface area contributed by atoms with E-state index in [1.807, 2.05) is 11.8 Å². The Balaban J connectivity index is 1.91. The molecule has 0 aromatic rings. The number of rotatable bonds is 3. The lowest BCUT2D eigenvalue weighted by Gasteiger charge is -2.32. The molecule has 15 heavy (non-hydrogen) atoms. The molecule has 2 fully saturated rings. The molecule has 1 saturated carbocycles. The standard InChI is InChI=1S/C12H24N2S/c1-11(2)4-3-10(7-11)14-12(8-13)5-6-15-9-12/h10,14H,3-9,13H2,1-2H3. The van der Waals surface area contributed by atoms with Gasteiger partial charge in [0.15, 0.2) is 0 Å². The lowest BCUT2D eigenvalue weighted by Crippen LogP contribution is -2.55. The van der Waals surface area contributed by atoms with Crippen molar-refractivity contribution in [1.82, 2.24) is 5.32 Å². The summed E-state index contributed by atoms with van der Waals surface area (Å²) in [4.78, 5) is 0. The van der Waals surface area contributed by atoms with E-state index >= 15 is 0 Å². The second-order valence-corrected chi connectivity index (χ2v) is 7.14. The van der Waals surface area contributed by atoms with Crippen molar-refractivity contribution in [2.75, 3.05) is 18.1 Å². The van der Waals surface area contributed by atoms with Gasteiger partial charge in [0, 0.05) is 23.9 Å². The van der Waals surface area contributed by atoms with Gasteiger partial charge in [-0.3, -0.25) is 0 Å². The molecule has 1 aliphatic heterocycles. The number of hydrogen-bond donors (Lipinski definition) is 2. The minimum atomic E-state index is 0.260. The maximum absolute atomic E-state index is 5.94. The Labute approximate surface area is 97.8 Å². The van der Waals surface area contributed by atoms with Crippen LogP contribution in [0.3, 0.4) is 0 Å². The molecule has 0 radical (unpaired) electrons. The van der Waals surface area contributed by atoms with E-state index in [0.717, 1.165) is 6.54 Å². The smallest absolute Gasteiger partial charge is 0.0405 e. The largest absolute Gasteiger partial charge is 0.329 e. The van der Waals surface area contributed by atoms with Crippen LogP contribution in [-0.2, 0) is 0 Å². The predicted molar refractivity (Wildman–Crippen MR) is 68.3 cm³/mol. The van der Waals surface area contributed by atoms with E-state index in [4.69, 9.17) is 5.73 Å². The van der Waals surface area contributed by atoms with Crippen LogP contribution in [0.4, 0.5) is 0 Å². The molecule has 1 aliphatic carbocycles. The summed E-state index contributed by atoms with van der Waals surface area (Å²) in [5.74, 6) is 2.49. The molecule has 2 atom stereocenters. The Morgan fingerprint density at radius 3 is 2.67 bits per heavy atom. The highest BCUT2D eigenvalue weighted by Crippen LogP contribution is 2.39. The van der Waals surface area contributed by atoms with Gasteiger partial charge in [-0.05, 0) is 36.9 Å². The van der Waals surface area contributed by atoms with Crippen LogP contribution in [0.1, 0.15) is 39.5 Å². The van der Waals surface area contributed by atoms with Gasteiger partial charge in [0.1, 0.15) is 0 Å². The lowest BCUT2D eigenvalue weighted by molar-refractivity contribution is 0.300. The van der Waals surface area contributed by atoms with Crippen molar-refractivity contribution in [2.45, 2.75) is 51.1 Å². The molecule has 0 spiro atoms. The van der Waals surface area contributed by atoms with E-state index in [9.17, 15) is 0 Å². The van der Waals surface area contributed by atoms with Gasteiger partial charge in [0.2, 0.25) is 0 Å². The van der Waals surface area contributed by atoms with E-state index in [2.05, 4.69) is 19.2 Å². The zero-order valence-corrected chi connectivity index (χ0v) is 10.8. The third kappa shape index (κ3) is 2.69. The Kier molecular flexibility index (Phi) is 3.34. The van der Waals surface area contributed by atoms with E-state index in [1.54, 1.807) is 0 Å². The Morgan fingerprint density at radius 1 is 1.40 bits per heavy atom. The van der Waals surface area contributed by atoms with Gasteiger partial charge >= 0.3 is 0 Å². The summed E-state index contributed by atoms with van der Waals surface area (Å²) < 4.78 is 0. The summed E-state index contributed by atoms with van der Waals surface area (Å²) in [7, 11) is 0. The zero-order valence-electron chi connectivity index (χ0n) is 10.0. The summed E-state index contributed by atoms with van der Waals surface area (Å²) in [6.45, 7) is 5.57. The summed E-state index contributed by atoms with van der Waals surface area (Å²) in [5.41, 5.74) is 6.74. The number of thioether (sulfide) groups is 1. The molecule has 3 heteroatoms. The Morgan fingerprint density at radius 2 is 2.20 bits per heavy atom. The van der Waals surface area contributed by atoms with Crippen LogP contribution in [0, 0.1) is 5.41 Å². The first-order valence-electron chi connectivity index (χ1n) is 6.11. The van der Waals surface area contributed by atoms with Crippen molar-refractivity contribution in [2.24, 2.45) is 11.1 Å². The van der Waals surface area contributed by atoms with E-state index in [-0.39, 0.29) is 5.54 Å². The second kappa shape index (κ2) is 4.27. The SMILES string of the molecule is CC1(C)CCC(NC2(CN)CCSC2)C1. The highest BCUT2D eigenvalue weighted by Gasteiger charge is 2.38. The Hall–Kier alpha value is 0.270. The van der Waals surface area contributed by atoms with E-state index in [0.29, 0.717) is 11.5 Å². The van der Waals surface area contributed by atoms with Crippen LogP contribution >= 0.6 is 11.8 Å². The maximum atomic E-state index is 5.94. The summed E-state index contributed by atoms with van der Waals surface area (Å²) in [5, 5.41) is 3.85. The molecule has 3 N–H and O–H groups in total. The molecule has 0 bridgehead atoms. The van der Waals surface area contributed by atoms with E-state index in [1.165, 1.54) is 37.2 Å². The minimum absolute atomic E-state index is 0.260. The number of nitrogens with two attached hydrogens (primary N) is 1. The summed E-state index contributed by atoms with van der Waals surface area (Å²) >= 11 is 2.05. The molecule has 88 valence electrons. The van der Waals surface area contributed by atoms with Crippen molar-refractivity contribution in [3.05, 3.63) is 0 Å². The number of hydrogen-bond acceptors (Lipinski definition) is 3. The van der Waals surface area contributed by atoms with Crippen molar-refractivity contribution in [3.8, 4) is 0 Å².